The Balaban J connectivity index is 2.58. The maximum atomic E-state index is 11.7. The minimum absolute atomic E-state index is 0.184. The molecular formula is C10H16N2O5. The Bertz CT molecular complexity index is 338. The molecule has 1 amide bonds. The summed E-state index contributed by atoms with van der Waals surface area (Å²) in [5.41, 5.74) is 4.81. The molecule has 7 heteroatoms. The van der Waals surface area contributed by atoms with Crippen LogP contribution in [0.25, 0.3) is 0 Å². The number of esters is 1. The second-order valence-corrected chi connectivity index (χ2v) is 4.13. The van der Waals surface area contributed by atoms with Crippen molar-refractivity contribution >= 4 is 17.8 Å². The zero-order valence-electron chi connectivity index (χ0n) is 9.56. The molecule has 1 saturated carbocycles. The van der Waals surface area contributed by atoms with Crippen molar-refractivity contribution in [2.75, 3.05) is 13.7 Å². The molecule has 0 radical (unpaired) electrons. The fourth-order valence-corrected chi connectivity index (χ4v) is 1.44. The van der Waals surface area contributed by atoms with Crippen LogP contribution in [-0.4, -0.2) is 42.6 Å². The maximum Gasteiger partial charge on any atom is 0.326 e. The van der Waals surface area contributed by atoms with Gasteiger partial charge < -0.3 is 20.9 Å². The monoisotopic (exact) mass is 244 g/mol. The van der Waals surface area contributed by atoms with Crippen molar-refractivity contribution in [3.63, 3.8) is 0 Å². The van der Waals surface area contributed by atoms with Crippen molar-refractivity contribution in [3.05, 3.63) is 0 Å². The van der Waals surface area contributed by atoms with Crippen LogP contribution in [0.3, 0.4) is 0 Å². The lowest BCUT2D eigenvalue weighted by Gasteiger charge is -2.17. The van der Waals surface area contributed by atoms with Crippen LogP contribution in [-0.2, 0) is 19.1 Å². The number of rotatable bonds is 6. The van der Waals surface area contributed by atoms with Crippen LogP contribution in [0.4, 0.5) is 0 Å². The van der Waals surface area contributed by atoms with Crippen molar-refractivity contribution in [2.45, 2.75) is 25.3 Å². The summed E-state index contributed by atoms with van der Waals surface area (Å²) >= 11 is 0. The summed E-state index contributed by atoms with van der Waals surface area (Å²) in [6, 6.07) is -1.26. The van der Waals surface area contributed by atoms with Crippen LogP contribution in [0.5, 0.6) is 0 Å². The van der Waals surface area contributed by atoms with Crippen LogP contribution in [0.15, 0.2) is 0 Å². The van der Waals surface area contributed by atoms with Gasteiger partial charge >= 0.3 is 11.9 Å². The molecule has 0 aromatic carbocycles. The first-order valence-corrected chi connectivity index (χ1v) is 5.26. The van der Waals surface area contributed by atoms with Crippen molar-refractivity contribution in [2.24, 2.45) is 11.1 Å². The summed E-state index contributed by atoms with van der Waals surface area (Å²) in [4.78, 5) is 33.6. The molecule has 0 spiro atoms. The van der Waals surface area contributed by atoms with Gasteiger partial charge in [-0.05, 0) is 12.8 Å². The number of carbonyl (C=O) groups is 3. The molecule has 1 aliphatic rings. The third-order valence-corrected chi connectivity index (χ3v) is 2.93. The number of ether oxygens (including phenoxy) is 1. The molecule has 0 aromatic rings. The lowest BCUT2D eigenvalue weighted by molar-refractivity contribution is -0.149. The lowest BCUT2D eigenvalue weighted by atomic mass is 10.1. The minimum atomic E-state index is -1.27. The fourth-order valence-electron chi connectivity index (χ4n) is 1.44. The van der Waals surface area contributed by atoms with E-state index in [0.717, 1.165) is 7.11 Å². The summed E-state index contributed by atoms with van der Waals surface area (Å²) in [7, 11) is 1.16. The Morgan fingerprint density at radius 2 is 2.06 bits per heavy atom. The summed E-state index contributed by atoms with van der Waals surface area (Å²) in [6.07, 6.45) is 0.915. The Kier molecular flexibility index (Phi) is 4.06. The fraction of sp³-hybridized carbons (Fsp3) is 0.700. The SMILES string of the molecule is COC(=O)C[C@H](NC(=O)C1(CN)CC1)C(=O)O. The van der Waals surface area contributed by atoms with E-state index in [1.165, 1.54) is 0 Å². The highest BCUT2D eigenvalue weighted by Gasteiger charge is 2.49. The van der Waals surface area contributed by atoms with E-state index in [1.54, 1.807) is 0 Å². The van der Waals surface area contributed by atoms with Gasteiger partial charge in [0.15, 0.2) is 0 Å². The Morgan fingerprint density at radius 1 is 1.47 bits per heavy atom. The van der Waals surface area contributed by atoms with Gasteiger partial charge in [-0.1, -0.05) is 0 Å². The smallest absolute Gasteiger partial charge is 0.326 e. The predicted octanol–water partition coefficient (Wildman–Crippen LogP) is -1.14. The Morgan fingerprint density at radius 3 is 2.41 bits per heavy atom. The molecule has 1 rings (SSSR count). The number of carboxylic acid groups (broad SMARTS) is 1. The summed E-state index contributed by atoms with van der Waals surface area (Å²) in [6.45, 7) is 0.184. The average Bonchev–Trinajstić information content (AvgIpc) is 3.08. The van der Waals surface area contributed by atoms with E-state index in [-0.39, 0.29) is 6.54 Å². The van der Waals surface area contributed by atoms with E-state index < -0.39 is 35.7 Å². The highest BCUT2D eigenvalue weighted by atomic mass is 16.5. The van der Waals surface area contributed by atoms with E-state index in [9.17, 15) is 14.4 Å². The van der Waals surface area contributed by atoms with Gasteiger partial charge in [0.25, 0.3) is 0 Å². The summed E-state index contributed by atoms with van der Waals surface area (Å²) in [5.74, 6) is -2.36. The molecule has 96 valence electrons. The largest absolute Gasteiger partial charge is 0.480 e. The molecule has 0 aromatic heterocycles. The number of nitrogens with two attached hydrogens (primary N) is 1. The van der Waals surface area contributed by atoms with Crippen molar-refractivity contribution < 1.29 is 24.2 Å². The maximum absolute atomic E-state index is 11.7. The van der Waals surface area contributed by atoms with Gasteiger partial charge in [0.1, 0.15) is 6.04 Å². The number of aliphatic carboxylic acids is 1. The van der Waals surface area contributed by atoms with Gasteiger partial charge in [-0.25, -0.2) is 4.79 Å². The zero-order valence-corrected chi connectivity index (χ0v) is 9.56. The van der Waals surface area contributed by atoms with Gasteiger partial charge in [0, 0.05) is 6.54 Å². The minimum Gasteiger partial charge on any atom is -0.480 e. The first-order valence-electron chi connectivity index (χ1n) is 5.26. The van der Waals surface area contributed by atoms with E-state index in [4.69, 9.17) is 10.8 Å². The van der Waals surface area contributed by atoms with E-state index in [1.807, 2.05) is 0 Å². The summed E-state index contributed by atoms with van der Waals surface area (Å²) in [5, 5.41) is 11.2. The topological polar surface area (TPSA) is 119 Å². The van der Waals surface area contributed by atoms with Crippen LogP contribution < -0.4 is 11.1 Å². The molecular weight excluding hydrogens is 228 g/mol. The number of amides is 1. The third-order valence-electron chi connectivity index (χ3n) is 2.93. The molecule has 0 saturated heterocycles. The molecule has 0 bridgehead atoms. The number of methoxy groups -OCH3 is 1. The van der Waals surface area contributed by atoms with Gasteiger partial charge in [0.2, 0.25) is 5.91 Å². The van der Waals surface area contributed by atoms with Crippen LogP contribution in [0, 0.1) is 5.41 Å². The number of hydrogen-bond acceptors (Lipinski definition) is 5. The quantitative estimate of drug-likeness (QED) is 0.508. The highest BCUT2D eigenvalue weighted by Crippen LogP contribution is 2.44. The third kappa shape index (κ3) is 3.16. The van der Waals surface area contributed by atoms with Crippen molar-refractivity contribution in [3.8, 4) is 0 Å². The first-order chi connectivity index (χ1) is 7.95. The second kappa shape index (κ2) is 5.13. The van der Waals surface area contributed by atoms with Crippen molar-refractivity contribution in [1.82, 2.24) is 5.32 Å². The van der Waals surface area contributed by atoms with Gasteiger partial charge in [-0.2, -0.15) is 0 Å². The number of carbonyl (C=O) groups excluding carboxylic acids is 2. The van der Waals surface area contributed by atoms with Gasteiger partial charge in [-0.3, -0.25) is 9.59 Å². The highest BCUT2D eigenvalue weighted by molar-refractivity contribution is 5.91. The van der Waals surface area contributed by atoms with Crippen LogP contribution in [0.2, 0.25) is 0 Å². The molecule has 17 heavy (non-hydrogen) atoms. The molecule has 0 aliphatic heterocycles. The zero-order chi connectivity index (χ0) is 13.1. The predicted molar refractivity (Wildman–Crippen MR) is 56.9 cm³/mol. The molecule has 0 unspecified atom stereocenters. The normalized spacial score (nSPS) is 18.0. The summed E-state index contributed by atoms with van der Waals surface area (Å²) < 4.78 is 4.36. The van der Waals surface area contributed by atoms with Crippen LogP contribution >= 0.6 is 0 Å². The second-order valence-electron chi connectivity index (χ2n) is 4.13. The van der Waals surface area contributed by atoms with E-state index >= 15 is 0 Å². The Labute approximate surface area is 98.3 Å². The molecule has 7 nitrogen and oxygen atoms in total. The Hall–Kier alpha value is -1.63. The van der Waals surface area contributed by atoms with E-state index in [2.05, 4.69) is 10.1 Å². The molecule has 1 atom stereocenters. The number of carboxylic acids is 1. The first kappa shape index (κ1) is 13.4. The number of nitrogens with one attached hydrogen (secondary N) is 1. The van der Waals surface area contributed by atoms with E-state index in [0.29, 0.717) is 12.8 Å². The lowest BCUT2D eigenvalue weighted by Crippen LogP contribution is -2.47. The molecule has 0 heterocycles. The van der Waals surface area contributed by atoms with Crippen molar-refractivity contribution in [1.29, 1.82) is 0 Å². The molecule has 1 aliphatic carbocycles. The average molecular weight is 244 g/mol. The van der Waals surface area contributed by atoms with Gasteiger partial charge in [-0.15, -0.1) is 0 Å². The van der Waals surface area contributed by atoms with Crippen LogP contribution in [0.1, 0.15) is 19.3 Å². The number of hydrogen-bond donors (Lipinski definition) is 3. The molecule has 1 fully saturated rings. The van der Waals surface area contributed by atoms with Gasteiger partial charge in [0.05, 0.1) is 18.9 Å². The molecule has 4 N–H and O–H groups in total. The standard InChI is InChI=1S/C10H16N2O5/c1-17-7(13)4-6(8(14)15)12-9(16)10(5-11)2-3-10/h6H,2-5,11H2,1H3,(H,12,16)(H,14,15)/t6-/m0/s1.